The number of urea groups is 1. The van der Waals surface area contributed by atoms with Gasteiger partial charge in [-0.2, -0.15) is 0 Å². The number of aliphatic carboxylic acids is 1. The second-order valence-corrected chi connectivity index (χ2v) is 5.13. The van der Waals surface area contributed by atoms with Gasteiger partial charge in [-0.15, -0.1) is 0 Å². The summed E-state index contributed by atoms with van der Waals surface area (Å²) < 4.78 is 0. The summed E-state index contributed by atoms with van der Waals surface area (Å²) in [6.45, 7) is 3.65. The van der Waals surface area contributed by atoms with E-state index < -0.39 is 12.0 Å². The first-order valence-corrected chi connectivity index (χ1v) is 6.73. The monoisotopic (exact) mass is 256 g/mol. The molecule has 0 heterocycles. The van der Waals surface area contributed by atoms with Crippen LogP contribution in [-0.2, 0) is 4.79 Å². The molecule has 3 unspecified atom stereocenters. The predicted molar refractivity (Wildman–Crippen MR) is 69.4 cm³/mol. The quantitative estimate of drug-likeness (QED) is 0.809. The number of hydrogen-bond acceptors (Lipinski definition) is 2. The van der Waals surface area contributed by atoms with E-state index in [0.29, 0.717) is 5.92 Å². The third kappa shape index (κ3) is 3.62. The average molecular weight is 256 g/mol. The van der Waals surface area contributed by atoms with Crippen LogP contribution < -0.4 is 5.32 Å². The highest BCUT2D eigenvalue weighted by Gasteiger charge is 2.28. The van der Waals surface area contributed by atoms with Crippen LogP contribution in [0.25, 0.3) is 0 Å². The maximum atomic E-state index is 12.0. The zero-order chi connectivity index (χ0) is 13.7. The smallest absolute Gasteiger partial charge is 0.326 e. The first-order valence-electron chi connectivity index (χ1n) is 6.73. The summed E-state index contributed by atoms with van der Waals surface area (Å²) in [5, 5.41) is 11.9. The van der Waals surface area contributed by atoms with Crippen molar-refractivity contribution in [1.29, 1.82) is 0 Å². The van der Waals surface area contributed by atoms with Crippen molar-refractivity contribution in [1.82, 2.24) is 10.2 Å². The van der Waals surface area contributed by atoms with Gasteiger partial charge in [0.25, 0.3) is 0 Å². The van der Waals surface area contributed by atoms with E-state index in [1.807, 2.05) is 0 Å². The Hall–Kier alpha value is -1.26. The van der Waals surface area contributed by atoms with Gasteiger partial charge >= 0.3 is 12.0 Å². The Morgan fingerprint density at radius 1 is 1.39 bits per heavy atom. The molecule has 1 aliphatic rings. The molecule has 0 aromatic heterocycles. The number of nitrogens with one attached hydrogen (secondary N) is 1. The molecule has 1 aliphatic carbocycles. The molecular weight excluding hydrogens is 232 g/mol. The SMILES string of the molecule is CCC1CCCCC1NC(=O)N(C)C(C)C(=O)O. The zero-order valence-electron chi connectivity index (χ0n) is 11.5. The van der Waals surface area contributed by atoms with E-state index in [4.69, 9.17) is 5.11 Å². The minimum Gasteiger partial charge on any atom is -0.480 e. The van der Waals surface area contributed by atoms with E-state index >= 15 is 0 Å². The van der Waals surface area contributed by atoms with Gasteiger partial charge in [0.05, 0.1) is 0 Å². The molecule has 0 aromatic carbocycles. The Kier molecular flexibility index (Phi) is 5.44. The van der Waals surface area contributed by atoms with Crippen molar-refractivity contribution in [3.63, 3.8) is 0 Å². The van der Waals surface area contributed by atoms with E-state index in [2.05, 4.69) is 12.2 Å². The lowest BCUT2D eigenvalue weighted by atomic mass is 9.83. The van der Waals surface area contributed by atoms with Gasteiger partial charge in [-0.05, 0) is 25.7 Å². The van der Waals surface area contributed by atoms with E-state index in [1.54, 1.807) is 0 Å². The van der Waals surface area contributed by atoms with Crippen molar-refractivity contribution >= 4 is 12.0 Å². The van der Waals surface area contributed by atoms with Gasteiger partial charge in [0.15, 0.2) is 0 Å². The van der Waals surface area contributed by atoms with Gasteiger partial charge in [-0.3, -0.25) is 0 Å². The van der Waals surface area contributed by atoms with Crippen molar-refractivity contribution in [2.75, 3.05) is 7.05 Å². The summed E-state index contributed by atoms with van der Waals surface area (Å²) in [5.74, 6) is -0.459. The van der Waals surface area contributed by atoms with Crippen LogP contribution in [0, 0.1) is 5.92 Å². The minimum atomic E-state index is -0.983. The summed E-state index contributed by atoms with van der Waals surface area (Å²) >= 11 is 0. The van der Waals surface area contributed by atoms with Crippen LogP contribution in [0.3, 0.4) is 0 Å². The minimum absolute atomic E-state index is 0.194. The molecule has 3 atom stereocenters. The Morgan fingerprint density at radius 3 is 2.56 bits per heavy atom. The maximum Gasteiger partial charge on any atom is 0.326 e. The Morgan fingerprint density at radius 2 is 2.00 bits per heavy atom. The summed E-state index contributed by atoms with van der Waals surface area (Å²) in [7, 11) is 1.53. The molecule has 0 aromatic rings. The molecule has 18 heavy (non-hydrogen) atoms. The number of rotatable bonds is 4. The number of amides is 2. The first-order chi connectivity index (χ1) is 8.47. The fraction of sp³-hybridized carbons (Fsp3) is 0.846. The van der Waals surface area contributed by atoms with Crippen LogP contribution in [0.1, 0.15) is 46.0 Å². The fourth-order valence-corrected chi connectivity index (χ4v) is 2.49. The van der Waals surface area contributed by atoms with Crippen molar-refractivity contribution in [2.24, 2.45) is 5.92 Å². The molecule has 1 saturated carbocycles. The Balaban J connectivity index is 2.54. The van der Waals surface area contributed by atoms with Crippen LogP contribution in [-0.4, -0.2) is 41.1 Å². The van der Waals surface area contributed by atoms with Crippen molar-refractivity contribution in [3.8, 4) is 0 Å². The second kappa shape index (κ2) is 6.61. The molecule has 104 valence electrons. The lowest BCUT2D eigenvalue weighted by molar-refractivity contribution is -0.141. The standard InChI is InChI=1S/C13H24N2O3/c1-4-10-7-5-6-8-11(10)14-13(18)15(3)9(2)12(16)17/h9-11H,4-8H2,1-3H3,(H,14,18)(H,16,17). The van der Waals surface area contributed by atoms with E-state index in [1.165, 1.54) is 25.3 Å². The second-order valence-electron chi connectivity index (χ2n) is 5.13. The van der Waals surface area contributed by atoms with Gasteiger partial charge in [0, 0.05) is 13.1 Å². The number of hydrogen-bond donors (Lipinski definition) is 2. The van der Waals surface area contributed by atoms with Gasteiger partial charge in [0.2, 0.25) is 0 Å². The topological polar surface area (TPSA) is 69.6 Å². The Labute approximate surface area is 109 Å². The van der Waals surface area contributed by atoms with Crippen LogP contribution in [0.5, 0.6) is 0 Å². The largest absolute Gasteiger partial charge is 0.480 e. The number of carbonyl (C=O) groups is 2. The number of carbonyl (C=O) groups excluding carboxylic acids is 1. The van der Waals surface area contributed by atoms with Crippen molar-refractivity contribution in [2.45, 2.75) is 58.0 Å². The molecule has 1 fully saturated rings. The lowest BCUT2D eigenvalue weighted by Crippen LogP contribution is -2.51. The number of nitrogens with zero attached hydrogens (tertiary/aromatic N) is 1. The van der Waals surface area contributed by atoms with Gasteiger partial charge in [-0.1, -0.05) is 26.2 Å². The van der Waals surface area contributed by atoms with Crippen molar-refractivity contribution in [3.05, 3.63) is 0 Å². The molecule has 0 bridgehead atoms. The van der Waals surface area contributed by atoms with Gasteiger partial charge < -0.3 is 15.3 Å². The summed E-state index contributed by atoms with van der Waals surface area (Å²) in [6, 6.07) is -0.886. The Bertz CT molecular complexity index is 307. The third-order valence-corrected chi connectivity index (χ3v) is 4.00. The third-order valence-electron chi connectivity index (χ3n) is 4.00. The highest BCUT2D eigenvalue weighted by Crippen LogP contribution is 2.26. The maximum absolute atomic E-state index is 12.0. The van der Waals surface area contributed by atoms with E-state index in [-0.39, 0.29) is 12.1 Å². The van der Waals surface area contributed by atoms with E-state index in [9.17, 15) is 9.59 Å². The summed E-state index contributed by atoms with van der Waals surface area (Å²) in [6.07, 6.45) is 5.58. The van der Waals surface area contributed by atoms with Crippen LogP contribution in [0.4, 0.5) is 4.79 Å². The molecule has 2 N–H and O–H groups in total. The summed E-state index contributed by atoms with van der Waals surface area (Å²) in [4.78, 5) is 24.1. The molecule has 1 rings (SSSR count). The lowest BCUT2D eigenvalue weighted by Gasteiger charge is -2.33. The zero-order valence-corrected chi connectivity index (χ0v) is 11.5. The number of likely N-dealkylation sites (N-methyl/N-ethyl adjacent to an activating group) is 1. The van der Waals surface area contributed by atoms with Crippen LogP contribution in [0.15, 0.2) is 0 Å². The summed E-state index contributed by atoms with van der Waals surface area (Å²) in [5.41, 5.74) is 0. The number of carboxylic acids is 1. The highest BCUT2D eigenvalue weighted by atomic mass is 16.4. The van der Waals surface area contributed by atoms with Gasteiger partial charge in [0.1, 0.15) is 6.04 Å². The molecule has 0 radical (unpaired) electrons. The molecule has 5 heteroatoms. The fourth-order valence-electron chi connectivity index (χ4n) is 2.49. The predicted octanol–water partition coefficient (Wildman–Crippen LogP) is 2.07. The van der Waals surface area contributed by atoms with Gasteiger partial charge in [-0.25, -0.2) is 9.59 Å². The van der Waals surface area contributed by atoms with Crippen LogP contribution in [0.2, 0.25) is 0 Å². The molecule has 0 aliphatic heterocycles. The van der Waals surface area contributed by atoms with Crippen molar-refractivity contribution < 1.29 is 14.7 Å². The van der Waals surface area contributed by atoms with Crippen LogP contribution >= 0.6 is 0 Å². The normalized spacial score (nSPS) is 25.3. The molecular formula is C13H24N2O3. The average Bonchev–Trinajstić information content (AvgIpc) is 2.37. The molecule has 0 saturated heterocycles. The highest BCUT2D eigenvalue weighted by molar-refractivity contribution is 5.82. The molecule has 5 nitrogen and oxygen atoms in total. The number of carboxylic acid groups (broad SMARTS) is 1. The molecule has 2 amide bonds. The van der Waals surface area contributed by atoms with E-state index in [0.717, 1.165) is 25.7 Å². The first kappa shape index (κ1) is 14.8. The molecule has 0 spiro atoms.